The Kier molecular flexibility index (Phi) is 7.92. The van der Waals surface area contributed by atoms with Gasteiger partial charge in [0.1, 0.15) is 6.54 Å². The third-order valence-electron chi connectivity index (χ3n) is 6.81. The molecule has 1 aliphatic rings. The highest BCUT2D eigenvalue weighted by molar-refractivity contribution is 7.92. The summed E-state index contributed by atoms with van der Waals surface area (Å²) >= 11 is 0. The summed E-state index contributed by atoms with van der Waals surface area (Å²) < 4.78 is 39.2. The van der Waals surface area contributed by atoms with Crippen LogP contribution < -0.4 is 18.7 Å². The van der Waals surface area contributed by atoms with Crippen LogP contribution in [0, 0.1) is 13.8 Å². The van der Waals surface area contributed by atoms with E-state index in [9.17, 15) is 13.2 Å². The normalized spacial score (nSPS) is 13.8. The first-order chi connectivity index (χ1) is 17.8. The molecule has 1 saturated heterocycles. The lowest BCUT2D eigenvalue weighted by atomic mass is 10.1. The summed E-state index contributed by atoms with van der Waals surface area (Å²) in [7, 11) is -1.02. The van der Waals surface area contributed by atoms with Gasteiger partial charge in [0.15, 0.2) is 11.5 Å². The van der Waals surface area contributed by atoms with Crippen LogP contribution in [0.15, 0.2) is 71.6 Å². The highest BCUT2D eigenvalue weighted by Gasteiger charge is 2.31. The number of amides is 1. The molecule has 0 atom stereocenters. The highest BCUT2D eigenvalue weighted by atomic mass is 32.2. The van der Waals surface area contributed by atoms with Gasteiger partial charge < -0.3 is 19.3 Å². The molecular weight excluding hydrogens is 490 g/mol. The van der Waals surface area contributed by atoms with Crippen LogP contribution in [-0.2, 0) is 14.8 Å². The number of hydrogen-bond acceptors (Lipinski definition) is 6. The van der Waals surface area contributed by atoms with Crippen LogP contribution in [0.4, 0.5) is 11.4 Å². The summed E-state index contributed by atoms with van der Waals surface area (Å²) in [4.78, 5) is 17.6. The summed E-state index contributed by atoms with van der Waals surface area (Å²) in [5.74, 6) is 0.593. The molecule has 3 aromatic carbocycles. The lowest BCUT2D eigenvalue weighted by molar-refractivity contribution is -0.129. The second-order valence-corrected chi connectivity index (χ2v) is 10.8. The second kappa shape index (κ2) is 11.1. The maximum Gasteiger partial charge on any atom is 0.264 e. The van der Waals surface area contributed by atoms with Gasteiger partial charge >= 0.3 is 0 Å². The van der Waals surface area contributed by atoms with E-state index in [-0.39, 0.29) is 17.3 Å². The molecule has 8 nitrogen and oxygen atoms in total. The largest absolute Gasteiger partial charge is 0.493 e. The average Bonchev–Trinajstić information content (AvgIpc) is 2.93. The summed E-state index contributed by atoms with van der Waals surface area (Å²) in [5.41, 5.74) is 3.96. The fourth-order valence-corrected chi connectivity index (χ4v) is 5.94. The van der Waals surface area contributed by atoms with Gasteiger partial charge in [-0.15, -0.1) is 0 Å². The fourth-order valence-electron chi connectivity index (χ4n) is 4.51. The van der Waals surface area contributed by atoms with Crippen molar-refractivity contribution in [3.05, 3.63) is 77.9 Å². The second-order valence-electron chi connectivity index (χ2n) is 8.95. The van der Waals surface area contributed by atoms with Gasteiger partial charge in [0.25, 0.3) is 10.0 Å². The number of carbonyl (C=O) groups is 1. The van der Waals surface area contributed by atoms with E-state index in [4.69, 9.17) is 9.47 Å². The highest BCUT2D eigenvalue weighted by Crippen LogP contribution is 2.34. The quantitative estimate of drug-likeness (QED) is 0.446. The number of carbonyl (C=O) groups excluding carboxylic acids is 1. The molecule has 196 valence electrons. The SMILES string of the molecule is COc1ccc(N(CC(=O)N2CCN(c3cccc(C)c3C)CC2)S(=O)(=O)c2ccccc2)cc1OC. The molecule has 0 bridgehead atoms. The minimum absolute atomic E-state index is 0.109. The molecule has 3 aromatic rings. The van der Waals surface area contributed by atoms with Crippen molar-refractivity contribution >= 4 is 27.3 Å². The van der Waals surface area contributed by atoms with Crippen LogP contribution in [0.3, 0.4) is 0 Å². The van der Waals surface area contributed by atoms with E-state index in [1.54, 1.807) is 41.3 Å². The van der Waals surface area contributed by atoms with Gasteiger partial charge in [-0.25, -0.2) is 8.42 Å². The smallest absolute Gasteiger partial charge is 0.264 e. The number of piperazine rings is 1. The summed E-state index contributed by atoms with van der Waals surface area (Å²) in [6, 6.07) is 19.2. The Balaban J connectivity index is 1.58. The lowest BCUT2D eigenvalue weighted by Crippen LogP contribution is -2.52. The fraction of sp³-hybridized carbons (Fsp3) is 0.321. The first-order valence-corrected chi connectivity index (χ1v) is 13.6. The average molecular weight is 524 g/mol. The first kappa shape index (κ1) is 26.3. The number of ether oxygens (including phenoxy) is 2. The summed E-state index contributed by atoms with van der Waals surface area (Å²) in [5, 5.41) is 0. The third kappa shape index (κ3) is 5.51. The van der Waals surface area contributed by atoms with Gasteiger partial charge in [0.05, 0.1) is 24.8 Å². The van der Waals surface area contributed by atoms with Gasteiger partial charge in [-0.05, 0) is 55.3 Å². The number of hydrogen-bond donors (Lipinski definition) is 0. The van der Waals surface area contributed by atoms with E-state index in [0.29, 0.717) is 43.4 Å². The Hall–Kier alpha value is -3.72. The van der Waals surface area contributed by atoms with Gasteiger partial charge in [0.2, 0.25) is 5.91 Å². The van der Waals surface area contributed by atoms with Crippen molar-refractivity contribution in [2.75, 3.05) is 56.1 Å². The van der Waals surface area contributed by atoms with Crippen molar-refractivity contribution in [1.82, 2.24) is 4.90 Å². The molecule has 37 heavy (non-hydrogen) atoms. The van der Waals surface area contributed by atoms with Crippen molar-refractivity contribution in [2.24, 2.45) is 0 Å². The lowest BCUT2D eigenvalue weighted by Gasteiger charge is -2.38. The van der Waals surface area contributed by atoms with Crippen LogP contribution in [-0.4, -0.2) is 66.2 Å². The number of sulfonamides is 1. The predicted molar refractivity (Wildman–Crippen MR) is 145 cm³/mol. The molecule has 1 heterocycles. The zero-order valence-corrected chi connectivity index (χ0v) is 22.5. The topological polar surface area (TPSA) is 79.4 Å². The number of rotatable bonds is 8. The van der Waals surface area contributed by atoms with Gasteiger partial charge in [-0.1, -0.05) is 30.3 Å². The molecule has 4 rings (SSSR count). The Morgan fingerprint density at radius 1 is 0.865 bits per heavy atom. The van der Waals surface area contributed by atoms with Gasteiger partial charge in [0, 0.05) is 37.9 Å². The number of methoxy groups -OCH3 is 2. The molecule has 0 unspecified atom stereocenters. The molecule has 1 aliphatic heterocycles. The maximum atomic E-state index is 13.7. The molecule has 0 spiro atoms. The van der Waals surface area contributed by atoms with Crippen molar-refractivity contribution < 1.29 is 22.7 Å². The number of nitrogens with zero attached hydrogens (tertiary/aromatic N) is 3. The van der Waals surface area contributed by atoms with E-state index in [1.807, 2.05) is 6.07 Å². The van der Waals surface area contributed by atoms with E-state index in [1.165, 1.54) is 43.2 Å². The molecule has 0 aromatic heterocycles. The van der Waals surface area contributed by atoms with Crippen LogP contribution in [0.1, 0.15) is 11.1 Å². The predicted octanol–water partition coefficient (Wildman–Crippen LogP) is 3.86. The molecular formula is C28H33N3O5S. The van der Waals surface area contributed by atoms with Crippen LogP contribution in [0.5, 0.6) is 11.5 Å². The van der Waals surface area contributed by atoms with Gasteiger partial charge in [-0.3, -0.25) is 9.10 Å². The van der Waals surface area contributed by atoms with Crippen molar-refractivity contribution in [2.45, 2.75) is 18.7 Å². The summed E-state index contributed by atoms with van der Waals surface area (Å²) in [6.07, 6.45) is 0. The molecule has 0 aliphatic carbocycles. The Morgan fingerprint density at radius 3 is 2.19 bits per heavy atom. The number of benzene rings is 3. The van der Waals surface area contributed by atoms with E-state index < -0.39 is 10.0 Å². The Morgan fingerprint density at radius 2 is 1.54 bits per heavy atom. The number of aryl methyl sites for hydroxylation is 1. The molecule has 0 N–H and O–H groups in total. The van der Waals surface area contributed by atoms with E-state index >= 15 is 0 Å². The zero-order valence-electron chi connectivity index (χ0n) is 21.7. The van der Waals surface area contributed by atoms with Crippen molar-refractivity contribution in [1.29, 1.82) is 0 Å². The molecule has 0 saturated carbocycles. The standard InChI is InChI=1S/C28H33N3O5S/c1-21-9-8-12-25(22(21)2)29-15-17-30(18-16-29)28(32)20-31(37(33,34)24-10-6-5-7-11-24)23-13-14-26(35-3)27(19-23)36-4/h5-14,19H,15-18,20H2,1-4H3. The third-order valence-corrected chi connectivity index (χ3v) is 8.60. The molecule has 9 heteroatoms. The van der Waals surface area contributed by atoms with Gasteiger partial charge in [-0.2, -0.15) is 0 Å². The molecule has 0 radical (unpaired) electrons. The van der Waals surface area contributed by atoms with E-state index in [0.717, 1.165) is 4.31 Å². The van der Waals surface area contributed by atoms with Crippen LogP contribution >= 0.6 is 0 Å². The molecule has 1 fully saturated rings. The van der Waals surface area contributed by atoms with Crippen molar-refractivity contribution in [3.63, 3.8) is 0 Å². The van der Waals surface area contributed by atoms with E-state index in [2.05, 4.69) is 30.9 Å². The zero-order chi connectivity index (χ0) is 26.6. The Bertz CT molecular complexity index is 1350. The van der Waals surface area contributed by atoms with Crippen LogP contribution in [0.25, 0.3) is 0 Å². The maximum absolute atomic E-state index is 13.7. The minimum Gasteiger partial charge on any atom is -0.493 e. The Labute approximate surface area is 219 Å². The summed E-state index contributed by atoms with van der Waals surface area (Å²) in [6.45, 7) is 6.26. The van der Waals surface area contributed by atoms with Crippen molar-refractivity contribution in [3.8, 4) is 11.5 Å². The van der Waals surface area contributed by atoms with Crippen LogP contribution in [0.2, 0.25) is 0 Å². The first-order valence-electron chi connectivity index (χ1n) is 12.1. The number of anilines is 2. The minimum atomic E-state index is -4.02. The monoisotopic (exact) mass is 523 g/mol. The molecule has 1 amide bonds.